The van der Waals surface area contributed by atoms with Crippen LogP contribution in [0.5, 0.6) is 0 Å². The third-order valence-electron chi connectivity index (χ3n) is 10.7. The predicted molar refractivity (Wildman–Crippen MR) is 224 cm³/mol. The van der Waals surface area contributed by atoms with Crippen LogP contribution in [-0.2, 0) is 0 Å². The summed E-state index contributed by atoms with van der Waals surface area (Å²) in [5.74, 6) is 0. The lowest BCUT2D eigenvalue weighted by Gasteiger charge is -2.20. The average Bonchev–Trinajstić information content (AvgIpc) is 3.23. The van der Waals surface area contributed by atoms with Gasteiger partial charge in [-0.3, -0.25) is 0 Å². The molecule has 0 aliphatic carbocycles. The van der Waals surface area contributed by atoms with Gasteiger partial charge in [-0.05, 0) is 105 Å². The van der Waals surface area contributed by atoms with Crippen molar-refractivity contribution in [1.82, 2.24) is 0 Å². The summed E-state index contributed by atoms with van der Waals surface area (Å²) < 4.78 is 0. The van der Waals surface area contributed by atoms with Crippen LogP contribution in [0.4, 0.5) is 0 Å². The maximum Gasteiger partial charge on any atom is -0.00201 e. The summed E-state index contributed by atoms with van der Waals surface area (Å²) in [4.78, 5) is 0. The fourth-order valence-corrected chi connectivity index (χ4v) is 8.26. The van der Waals surface area contributed by atoms with Crippen molar-refractivity contribution in [3.8, 4) is 55.6 Å². The molecule has 0 amide bonds. The Labute approximate surface area is 303 Å². The molecule has 0 aliphatic rings. The zero-order valence-electron chi connectivity index (χ0n) is 28.6. The second kappa shape index (κ2) is 12.5. The van der Waals surface area contributed by atoms with Crippen LogP contribution >= 0.6 is 0 Å². The third kappa shape index (κ3) is 5.00. The van der Waals surface area contributed by atoms with Crippen LogP contribution in [0.2, 0.25) is 0 Å². The SMILES string of the molecule is c1ccc(-c2ccc(-c3ccc(-c4c5ccccc5c(-c5ccccc5-c5cc6ccccc6c6ccccc56)c5ccccc45)cc3)cc2)cc1. The van der Waals surface area contributed by atoms with E-state index in [0.29, 0.717) is 0 Å². The Bertz CT molecular complexity index is 2860. The molecule has 0 aliphatic heterocycles. The molecule has 0 fully saturated rings. The van der Waals surface area contributed by atoms with E-state index in [1.165, 1.54) is 98.7 Å². The highest BCUT2D eigenvalue weighted by molar-refractivity contribution is 6.23. The van der Waals surface area contributed by atoms with Gasteiger partial charge in [0, 0.05) is 0 Å². The molecule has 0 atom stereocenters. The van der Waals surface area contributed by atoms with Crippen LogP contribution in [0.1, 0.15) is 0 Å². The van der Waals surface area contributed by atoms with Crippen molar-refractivity contribution in [2.45, 2.75) is 0 Å². The van der Waals surface area contributed by atoms with Gasteiger partial charge in [0.05, 0.1) is 0 Å². The topological polar surface area (TPSA) is 0 Å². The fourth-order valence-electron chi connectivity index (χ4n) is 8.26. The minimum Gasteiger partial charge on any atom is -0.0622 e. The highest BCUT2D eigenvalue weighted by Gasteiger charge is 2.20. The first-order chi connectivity index (χ1) is 25.8. The number of rotatable bonds is 5. The minimum atomic E-state index is 1.21. The molecule has 10 aromatic carbocycles. The highest BCUT2D eigenvalue weighted by atomic mass is 14.2. The van der Waals surface area contributed by atoms with E-state index < -0.39 is 0 Å². The average molecular weight is 659 g/mol. The molecule has 0 unspecified atom stereocenters. The van der Waals surface area contributed by atoms with Gasteiger partial charge in [0.15, 0.2) is 0 Å². The minimum absolute atomic E-state index is 1.21. The predicted octanol–water partition coefficient (Wildman–Crippen LogP) is 14.6. The van der Waals surface area contributed by atoms with Crippen molar-refractivity contribution in [1.29, 1.82) is 0 Å². The Morgan fingerprint density at radius 3 is 1.15 bits per heavy atom. The maximum atomic E-state index is 2.38. The van der Waals surface area contributed by atoms with Crippen molar-refractivity contribution in [2.24, 2.45) is 0 Å². The van der Waals surface area contributed by atoms with Gasteiger partial charge in [-0.1, -0.05) is 200 Å². The van der Waals surface area contributed by atoms with Gasteiger partial charge in [0.2, 0.25) is 0 Å². The zero-order chi connectivity index (χ0) is 34.4. The monoisotopic (exact) mass is 658 g/mol. The molecule has 242 valence electrons. The molecular formula is C52H34. The largest absolute Gasteiger partial charge is 0.0622 e. The molecule has 0 radical (unpaired) electrons. The molecule has 52 heavy (non-hydrogen) atoms. The number of hydrogen-bond acceptors (Lipinski definition) is 0. The van der Waals surface area contributed by atoms with Crippen molar-refractivity contribution in [2.75, 3.05) is 0 Å². The summed E-state index contributed by atoms with van der Waals surface area (Å²) in [5.41, 5.74) is 12.4. The molecule has 0 aromatic heterocycles. The number of benzene rings is 10. The van der Waals surface area contributed by atoms with Crippen LogP contribution in [0.3, 0.4) is 0 Å². The summed E-state index contributed by atoms with van der Waals surface area (Å²) in [6.45, 7) is 0. The summed E-state index contributed by atoms with van der Waals surface area (Å²) in [6.07, 6.45) is 0. The quantitative estimate of drug-likeness (QED) is 0.128. The molecule has 10 aromatic rings. The van der Waals surface area contributed by atoms with Crippen LogP contribution < -0.4 is 0 Å². The second-order valence-electron chi connectivity index (χ2n) is 13.6. The van der Waals surface area contributed by atoms with Crippen molar-refractivity contribution >= 4 is 43.1 Å². The van der Waals surface area contributed by atoms with Crippen LogP contribution in [-0.4, -0.2) is 0 Å². The van der Waals surface area contributed by atoms with E-state index in [9.17, 15) is 0 Å². The van der Waals surface area contributed by atoms with Gasteiger partial charge in [-0.15, -0.1) is 0 Å². The van der Waals surface area contributed by atoms with Gasteiger partial charge in [0.1, 0.15) is 0 Å². The van der Waals surface area contributed by atoms with E-state index in [2.05, 4.69) is 206 Å². The number of hydrogen-bond donors (Lipinski definition) is 0. The summed E-state index contributed by atoms with van der Waals surface area (Å²) in [6, 6.07) is 75.5. The number of fused-ring (bicyclic) bond motifs is 5. The summed E-state index contributed by atoms with van der Waals surface area (Å²) >= 11 is 0. The van der Waals surface area contributed by atoms with Crippen molar-refractivity contribution < 1.29 is 0 Å². The molecule has 0 heterocycles. The lowest BCUT2D eigenvalue weighted by molar-refractivity contribution is 1.59. The first-order valence-electron chi connectivity index (χ1n) is 18.0. The Kier molecular flexibility index (Phi) is 7.25. The van der Waals surface area contributed by atoms with Gasteiger partial charge in [-0.2, -0.15) is 0 Å². The van der Waals surface area contributed by atoms with Crippen LogP contribution in [0.25, 0.3) is 98.7 Å². The standard InChI is InChI=1S/C52H34/c1-2-14-35(15-3-1)36-26-28-37(29-27-36)38-30-32-39(33-31-38)51-46-22-10-12-24-48(46)52(49-25-13-11-23-47(49)51)45-21-9-8-20-44(45)50-34-40-16-4-5-17-41(40)42-18-6-7-19-43(42)50/h1-34H. The normalized spacial score (nSPS) is 11.5. The Morgan fingerprint density at radius 1 is 0.192 bits per heavy atom. The van der Waals surface area contributed by atoms with E-state index in [1.54, 1.807) is 0 Å². The summed E-state index contributed by atoms with van der Waals surface area (Å²) in [7, 11) is 0. The molecule has 0 N–H and O–H groups in total. The molecule has 10 rings (SSSR count). The van der Waals surface area contributed by atoms with Crippen LogP contribution in [0.15, 0.2) is 206 Å². The van der Waals surface area contributed by atoms with Gasteiger partial charge in [-0.25, -0.2) is 0 Å². The summed E-state index contributed by atoms with van der Waals surface area (Å²) in [5, 5.41) is 10.1. The molecule has 0 saturated heterocycles. The Hall–Kier alpha value is -6.76. The van der Waals surface area contributed by atoms with Gasteiger partial charge in [0.25, 0.3) is 0 Å². The maximum absolute atomic E-state index is 2.38. The zero-order valence-corrected chi connectivity index (χ0v) is 28.6. The molecule has 0 spiro atoms. The first-order valence-corrected chi connectivity index (χ1v) is 18.0. The Morgan fingerprint density at radius 2 is 0.577 bits per heavy atom. The highest BCUT2D eigenvalue weighted by Crippen LogP contribution is 2.47. The van der Waals surface area contributed by atoms with Crippen LogP contribution in [0, 0.1) is 0 Å². The van der Waals surface area contributed by atoms with E-state index in [-0.39, 0.29) is 0 Å². The van der Waals surface area contributed by atoms with Gasteiger partial charge >= 0.3 is 0 Å². The lowest BCUT2D eigenvalue weighted by atomic mass is 9.83. The smallest absolute Gasteiger partial charge is 0.00201 e. The molecular weight excluding hydrogens is 625 g/mol. The molecule has 0 bridgehead atoms. The Balaban J connectivity index is 1.15. The van der Waals surface area contributed by atoms with Crippen molar-refractivity contribution in [3.63, 3.8) is 0 Å². The second-order valence-corrected chi connectivity index (χ2v) is 13.6. The van der Waals surface area contributed by atoms with E-state index in [0.717, 1.165) is 0 Å². The third-order valence-corrected chi connectivity index (χ3v) is 10.7. The van der Waals surface area contributed by atoms with E-state index in [4.69, 9.17) is 0 Å². The lowest BCUT2D eigenvalue weighted by Crippen LogP contribution is -1.93. The first kappa shape index (κ1) is 30.1. The van der Waals surface area contributed by atoms with E-state index in [1.807, 2.05) is 0 Å². The van der Waals surface area contributed by atoms with Gasteiger partial charge < -0.3 is 0 Å². The van der Waals surface area contributed by atoms with E-state index >= 15 is 0 Å². The fraction of sp³-hybridized carbons (Fsp3) is 0. The molecule has 0 heteroatoms. The van der Waals surface area contributed by atoms with Crippen molar-refractivity contribution in [3.05, 3.63) is 206 Å². The molecule has 0 nitrogen and oxygen atoms in total. The molecule has 0 saturated carbocycles.